The third kappa shape index (κ3) is 4.19. The molecule has 29 heavy (non-hydrogen) atoms. The molecular weight excluding hydrogens is 403 g/mol. The van der Waals surface area contributed by atoms with Gasteiger partial charge in [-0.25, -0.2) is 0 Å². The standard InChI is InChI=1S/C20H14F3N3O2S/c1-27-17-7-4-12(9-15(17)20(21,22)23)11-29-19-26-25-18(28-19)14-5-6-16-13(10-14)3-2-8-24-16/h2-10H,11H2,1H3. The average molecular weight is 417 g/mol. The van der Waals surface area contributed by atoms with E-state index < -0.39 is 11.7 Å². The smallest absolute Gasteiger partial charge is 0.419 e. The summed E-state index contributed by atoms with van der Waals surface area (Å²) in [7, 11) is 1.21. The number of methoxy groups -OCH3 is 1. The Bertz CT molecular complexity index is 1160. The molecule has 4 aromatic rings. The lowest BCUT2D eigenvalue weighted by atomic mass is 10.1. The quantitative estimate of drug-likeness (QED) is 0.394. The van der Waals surface area contributed by atoms with Crippen molar-refractivity contribution in [2.75, 3.05) is 7.11 Å². The maximum atomic E-state index is 13.1. The number of hydrogen-bond acceptors (Lipinski definition) is 6. The summed E-state index contributed by atoms with van der Waals surface area (Å²) in [6.07, 6.45) is -2.78. The molecule has 0 atom stereocenters. The molecule has 2 aromatic carbocycles. The van der Waals surface area contributed by atoms with Gasteiger partial charge in [-0.2, -0.15) is 13.2 Å². The first-order valence-corrected chi connectivity index (χ1v) is 9.48. The largest absolute Gasteiger partial charge is 0.496 e. The lowest BCUT2D eigenvalue weighted by Crippen LogP contribution is -2.08. The van der Waals surface area contributed by atoms with Gasteiger partial charge >= 0.3 is 6.18 Å². The molecule has 0 amide bonds. The fourth-order valence-corrected chi connectivity index (χ4v) is 3.51. The monoisotopic (exact) mass is 417 g/mol. The molecule has 0 bridgehead atoms. The van der Waals surface area contributed by atoms with E-state index in [1.54, 1.807) is 12.3 Å². The molecule has 0 fully saturated rings. The predicted octanol–water partition coefficient (Wildman–Crippen LogP) is 5.60. The summed E-state index contributed by atoms with van der Waals surface area (Å²) in [4.78, 5) is 4.26. The molecule has 5 nitrogen and oxygen atoms in total. The summed E-state index contributed by atoms with van der Waals surface area (Å²) in [6, 6.07) is 13.3. The number of alkyl halides is 3. The maximum absolute atomic E-state index is 13.1. The number of ether oxygens (including phenoxy) is 1. The molecule has 0 aliphatic rings. The van der Waals surface area contributed by atoms with Crippen LogP contribution in [0.25, 0.3) is 22.4 Å². The SMILES string of the molecule is COc1ccc(CSc2nnc(-c3ccc4ncccc4c3)o2)cc1C(F)(F)F. The molecule has 9 heteroatoms. The number of aromatic nitrogens is 3. The minimum absolute atomic E-state index is 0.211. The van der Waals surface area contributed by atoms with Gasteiger partial charge in [0.2, 0.25) is 5.89 Å². The summed E-state index contributed by atoms with van der Waals surface area (Å²) < 4.78 is 49.9. The Morgan fingerprint density at radius 2 is 1.93 bits per heavy atom. The van der Waals surface area contributed by atoms with Gasteiger partial charge in [0.1, 0.15) is 5.75 Å². The molecule has 0 radical (unpaired) electrons. The second-order valence-electron chi connectivity index (χ2n) is 6.11. The molecule has 0 aliphatic heterocycles. The Labute approximate surface area is 167 Å². The lowest BCUT2D eigenvalue weighted by molar-refractivity contribution is -0.138. The van der Waals surface area contributed by atoms with Crippen molar-refractivity contribution in [1.82, 2.24) is 15.2 Å². The van der Waals surface area contributed by atoms with E-state index in [-0.39, 0.29) is 16.7 Å². The molecule has 0 N–H and O–H groups in total. The second kappa shape index (κ2) is 7.75. The van der Waals surface area contributed by atoms with E-state index in [1.165, 1.54) is 13.2 Å². The highest BCUT2D eigenvalue weighted by Gasteiger charge is 2.34. The predicted molar refractivity (Wildman–Crippen MR) is 103 cm³/mol. The third-order valence-corrected chi connectivity index (χ3v) is 5.08. The van der Waals surface area contributed by atoms with Crippen molar-refractivity contribution in [3.8, 4) is 17.2 Å². The van der Waals surface area contributed by atoms with Gasteiger partial charge in [0, 0.05) is 22.9 Å². The number of nitrogens with zero attached hydrogens (tertiary/aromatic N) is 3. The van der Waals surface area contributed by atoms with Crippen molar-refractivity contribution < 1.29 is 22.3 Å². The van der Waals surface area contributed by atoms with Crippen LogP contribution in [-0.2, 0) is 11.9 Å². The van der Waals surface area contributed by atoms with E-state index in [9.17, 15) is 13.2 Å². The third-order valence-electron chi connectivity index (χ3n) is 4.19. The summed E-state index contributed by atoms with van der Waals surface area (Å²) >= 11 is 1.16. The van der Waals surface area contributed by atoms with Crippen LogP contribution in [0, 0.1) is 0 Å². The Balaban J connectivity index is 1.51. The Morgan fingerprint density at radius 3 is 2.72 bits per heavy atom. The molecule has 0 aliphatic carbocycles. The van der Waals surface area contributed by atoms with Gasteiger partial charge in [-0.15, -0.1) is 10.2 Å². The van der Waals surface area contributed by atoms with Gasteiger partial charge in [-0.3, -0.25) is 4.98 Å². The second-order valence-corrected chi connectivity index (χ2v) is 7.03. The first kappa shape index (κ1) is 19.3. The van der Waals surface area contributed by atoms with Crippen molar-refractivity contribution in [2.45, 2.75) is 17.2 Å². The zero-order valence-corrected chi connectivity index (χ0v) is 15.9. The molecule has 0 saturated carbocycles. The molecular formula is C20H14F3N3O2S. The first-order chi connectivity index (χ1) is 13.9. The Morgan fingerprint density at radius 1 is 1.07 bits per heavy atom. The van der Waals surface area contributed by atoms with Crippen LogP contribution in [0.15, 0.2) is 64.4 Å². The van der Waals surface area contributed by atoms with Crippen molar-refractivity contribution in [3.05, 3.63) is 65.9 Å². The van der Waals surface area contributed by atoms with Crippen LogP contribution in [0.1, 0.15) is 11.1 Å². The van der Waals surface area contributed by atoms with Gasteiger partial charge < -0.3 is 9.15 Å². The lowest BCUT2D eigenvalue weighted by Gasteiger charge is -2.13. The first-order valence-electron chi connectivity index (χ1n) is 8.49. The highest BCUT2D eigenvalue weighted by Crippen LogP contribution is 2.37. The molecule has 0 saturated heterocycles. The van der Waals surface area contributed by atoms with E-state index in [1.807, 2.05) is 30.3 Å². The highest BCUT2D eigenvalue weighted by molar-refractivity contribution is 7.98. The minimum atomic E-state index is -4.49. The van der Waals surface area contributed by atoms with Gasteiger partial charge in [-0.05, 0) is 42.0 Å². The molecule has 148 valence electrons. The van der Waals surface area contributed by atoms with Crippen molar-refractivity contribution in [1.29, 1.82) is 0 Å². The van der Waals surface area contributed by atoms with Crippen molar-refractivity contribution >= 4 is 22.7 Å². The molecule has 4 rings (SSSR count). The number of benzene rings is 2. The van der Waals surface area contributed by atoms with Crippen LogP contribution in [0.4, 0.5) is 13.2 Å². The number of thioether (sulfide) groups is 1. The highest BCUT2D eigenvalue weighted by atomic mass is 32.2. The zero-order valence-electron chi connectivity index (χ0n) is 15.1. The van der Waals surface area contributed by atoms with E-state index in [4.69, 9.17) is 9.15 Å². The van der Waals surface area contributed by atoms with E-state index in [2.05, 4.69) is 15.2 Å². The van der Waals surface area contributed by atoms with Gasteiger partial charge in [-0.1, -0.05) is 23.9 Å². The van der Waals surface area contributed by atoms with Crippen molar-refractivity contribution in [2.24, 2.45) is 0 Å². The maximum Gasteiger partial charge on any atom is 0.419 e. The van der Waals surface area contributed by atoms with Gasteiger partial charge in [0.25, 0.3) is 5.22 Å². The number of hydrogen-bond donors (Lipinski definition) is 0. The van der Waals surface area contributed by atoms with E-state index in [0.717, 1.165) is 34.3 Å². The van der Waals surface area contributed by atoms with Crippen LogP contribution in [0.2, 0.25) is 0 Å². The summed E-state index contributed by atoms with van der Waals surface area (Å²) in [5.41, 5.74) is 1.26. The van der Waals surface area contributed by atoms with Crippen LogP contribution in [0.3, 0.4) is 0 Å². The van der Waals surface area contributed by atoms with Crippen LogP contribution < -0.4 is 4.74 Å². The van der Waals surface area contributed by atoms with E-state index >= 15 is 0 Å². The number of pyridine rings is 1. The summed E-state index contributed by atoms with van der Waals surface area (Å²) in [5, 5.41) is 9.22. The minimum Gasteiger partial charge on any atom is -0.496 e. The topological polar surface area (TPSA) is 61.0 Å². The normalized spacial score (nSPS) is 11.7. The van der Waals surface area contributed by atoms with Gasteiger partial charge in [0.15, 0.2) is 0 Å². The Kier molecular flexibility index (Phi) is 5.14. The van der Waals surface area contributed by atoms with Crippen LogP contribution >= 0.6 is 11.8 Å². The molecule has 2 heterocycles. The summed E-state index contributed by atoms with van der Waals surface area (Å²) in [6.45, 7) is 0. The average Bonchev–Trinajstić information content (AvgIpc) is 3.20. The molecule has 0 unspecified atom stereocenters. The molecule has 2 aromatic heterocycles. The molecule has 0 spiro atoms. The van der Waals surface area contributed by atoms with Crippen molar-refractivity contribution in [3.63, 3.8) is 0 Å². The van der Waals surface area contributed by atoms with Crippen LogP contribution in [0.5, 0.6) is 5.75 Å². The number of halogens is 3. The Hall–Kier alpha value is -3.07. The number of rotatable bonds is 5. The van der Waals surface area contributed by atoms with Crippen LogP contribution in [-0.4, -0.2) is 22.3 Å². The zero-order chi connectivity index (χ0) is 20.4. The van der Waals surface area contributed by atoms with Gasteiger partial charge in [0.05, 0.1) is 18.2 Å². The number of fused-ring (bicyclic) bond motifs is 1. The fourth-order valence-electron chi connectivity index (χ4n) is 2.80. The summed E-state index contributed by atoms with van der Waals surface area (Å²) in [5.74, 6) is 0.372. The fraction of sp³-hybridized carbons (Fsp3) is 0.150. The van der Waals surface area contributed by atoms with E-state index in [0.29, 0.717) is 11.5 Å².